The fraction of sp³-hybridized carbons (Fsp3) is 0.231. The zero-order valence-electron chi connectivity index (χ0n) is 11.7. The van der Waals surface area contributed by atoms with E-state index in [-0.39, 0.29) is 28.9 Å². The Bertz CT molecular complexity index is 732. The van der Waals surface area contributed by atoms with E-state index >= 15 is 0 Å². The number of nitrogens with zero attached hydrogens (tertiary/aromatic N) is 3. The van der Waals surface area contributed by atoms with Crippen molar-refractivity contribution in [1.29, 1.82) is 5.41 Å². The zero-order valence-corrected chi connectivity index (χ0v) is 12.6. The van der Waals surface area contributed by atoms with Crippen molar-refractivity contribution in [3.05, 3.63) is 41.1 Å². The molecule has 7 nitrogen and oxygen atoms in total. The number of nitrogens with two attached hydrogens (primary N) is 1. The van der Waals surface area contributed by atoms with Gasteiger partial charge in [0.05, 0.1) is 6.61 Å². The lowest BCUT2D eigenvalue weighted by atomic mass is 10.2. The summed E-state index contributed by atoms with van der Waals surface area (Å²) in [6, 6.07) is 6.00. The van der Waals surface area contributed by atoms with E-state index in [1.54, 1.807) is 19.1 Å². The molecule has 0 radical (unpaired) electrons. The standard InChI is InChI=1S/C13H14FN5O2S/c1-2-21-13(20)19-11(16)10(15)17-12(18-19)22-7-8-3-5-9(14)6-4-8/h3-6,16H,2,7H2,1H3,(H2,15,17,18). The third-order valence-electron chi connectivity index (χ3n) is 2.58. The van der Waals surface area contributed by atoms with Crippen LogP contribution < -0.4 is 11.2 Å². The van der Waals surface area contributed by atoms with Crippen LogP contribution in [0.3, 0.4) is 0 Å². The molecule has 22 heavy (non-hydrogen) atoms. The number of carbonyl (C=O) groups is 1. The largest absolute Gasteiger partial charge is 0.448 e. The van der Waals surface area contributed by atoms with Gasteiger partial charge in [0, 0.05) is 5.75 Å². The first-order valence-electron chi connectivity index (χ1n) is 6.37. The van der Waals surface area contributed by atoms with Crippen molar-refractivity contribution >= 4 is 23.7 Å². The van der Waals surface area contributed by atoms with Crippen LogP contribution >= 0.6 is 11.8 Å². The van der Waals surface area contributed by atoms with Gasteiger partial charge in [-0.2, -0.15) is 0 Å². The lowest BCUT2D eigenvalue weighted by molar-refractivity contribution is 0.147. The summed E-state index contributed by atoms with van der Waals surface area (Å²) in [6.45, 7) is 1.81. The summed E-state index contributed by atoms with van der Waals surface area (Å²) in [5, 5.41) is 11.8. The lowest BCUT2D eigenvalue weighted by Gasteiger charge is -2.07. The van der Waals surface area contributed by atoms with Crippen LogP contribution in [0.15, 0.2) is 29.4 Å². The van der Waals surface area contributed by atoms with Gasteiger partial charge in [-0.05, 0) is 24.6 Å². The fourth-order valence-electron chi connectivity index (χ4n) is 1.53. The maximum absolute atomic E-state index is 12.8. The Morgan fingerprint density at radius 2 is 2.14 bits per heavy atom. The number of rotatable bonds is 4. The minimum absolute atomic E-state index is 0.121. The Labute approximate surface area is 129 Å². The molecule has 0 fully saturated rings. The molecule has 0 saturated heterocycles. The SMILES string of the molecule is CCOC(=O)n1nc(SCc2ccc(F)cc2)nc(N)c1=N. The van der Waals surface area contributed by atoms with Crippen molar-refractivity contribution in [2.24, 2.45) is 0 Å². The van der Waals surface area contributed by atoms with E-state index in [1.807, 2.05) is 0 Å². The van der Waals surface area contributed by atoms with E-state index in [4.69, 9.17) is 15.9 Å². The lowest BCUT2D eigenvalue weighted by Crippen LogP contribution is -2.33. The van der Waals surface area contributed by atoms with Gasteiger partial charge < -0.3 is 10.5 Å². The summed E-state index contributed by atoms with van der Waals surface area (Å²) in [7, 11) is 0. The summed E-state index contributed by atoms with van der Waals surface area (Å²) >= 11 is 1.22. The second kappa shape index (κ2) is 7.03. The molecule has 2 rings (SSSR count). The summed E-state index contributed by atoms with van der Waals surface area (Å²) in [4.78, 5) is 15.7. The smallest absolute Gasteiger partial charge is 0.436 e. The molecule has 1 aromatic carbocycles. The Hall–Kier alpha value is -2.42. The normalized spacial score (nSPS) is 10.5. The first kappa shape index (κ1) is 16.0. The number of thioether (sulfide) groups is 1. The van der Waals surface area contributed by atoms with Gasteiger partial charge in [-0.1, -0.05) is 23.9 Å². The Morgan fingerprint density at radius 1 is 1.45 bits per heavy atom. The third kappa shape index (κ3) is 3.82. The highest BCUT2D eigenvalue weighted by Crippen LogP contribution is 2.18. The minimum atomic E-state index is -0.787. The van der Waals surface area contributed by atoms with Crippen LogP contribution in [0.2, 0.25) is 0 Å². The number of hydrogen-bond acceptors (Lipinski definition) is 7. The van der Waals surface area contributed by atoms with Gasteiger partial charge in [-0.25, -0.2) is 14.2 Å². The predicted octanol–water partition coefficient (Wildman–Crippen LogP) is 1.78. The third-order valence-corrected chi connectivity index (χ3v) is 3.49. The average molecular weight is 323 g/mol. The average Bonchev–Trinajstić information content (AvgIpc) is 2.50. The zero-order chi connectivity index (χ0) is 16.1. The highest BCUT2D eigenvalue weighted by molar-refractivity contribution is 7.98. The molecule has 3 N–H and O–H groups in total. The van der Waals surface area contributed by atoms with Gasteiger partial charge in [-0.3, -0.25) is 5.41 Å². The van der Waals surface area contributed by atoms with Crippen molar-refractivity contribution < 1.29 is 13.9 Å². The summed E-state index contributed by atoms with van der Waals surface area (Å²) in [6.07, 6.45) is -0.787. The van der Waals surface area contributed by atoms with Gasteiger partial charge in [0.25, 0.3) is 0 Å². The molecule has 1 heterocycles. The number of nitrogen functional groups attached to an aromatic ring is 1. The number of carbonyl (C=O) groups excluding carboxylic acids is 1. The number of aromatic nitrogens is 3. The van der Waals surface area contributed by atoms with Crippen LogP contribution in [0.4, 0.5) is 15.0 Å². The highest BCUT2D eigenvalue weighted by atomic mass is 32.2. The highest BCUT2D eigenvalue weighted by Gasteiger charge is 2.13. The van der Waals surface area contributed by atoms with Gasteiger partial charge in [0.15, 0.2) is 11.3 Å². The minimum Gasteiger partial charge on any atom is -0.448 e. The van der Waals surface area contributed by atoms with E-state index in [1.165, 1.54) is 23.9 Å². The van der Waals surface area contributed by atoms with Crippen molar-refractivity contribution in [2.45, 2.75) is 17.8 Å². The quantitative estimate of drug-likeness (QED) is 0.831. The molecular formula is C13H14FN5O2S. The summed E-state index contributed by atoms with van der Waals surface area (Å²) in [5.74, 6) is 0.0394. The molecule has 0 amide bonds. The molecule has 0 atom stereocenters. The molecule has 116 valence electrons. The summed E-state index contributed by atoms with van der Waals surface area (Å²) < 4.78 is 18.4. The molecule has 0 spiro atoms. The molecule has 0 saturated carbocycles. The number of anilines is 1. The van der Waals surface area contributed by atoms with Crippen molar-refractivity contribution in [3.63, 3.8) is 0 Å². The Kier molecular flexibility index (Phi) is 5.10. The van der Waals surface area contributed by atoms with E-state index in [9.17, 15) is 9.18 Å². The second-order valence-electron chi connectivity index (χ2n) is 4.15. The molecule has 9 heteroatoms. The monoisotopic (exact) mass is 323 g/mol. The van der Waals surface area contributed by atoms with Gasteiger partial charge >= 0.3 is 6.09 Å². The first-order chi connectivity index (χ1) is 10.5. The van der Waals surface area contributed by atoms with Gasteiger partial charge in [-0.15, -0.1) is 9.78 Å². The van der Waals surface area contributed by atoms with Crippen molar-refractivity contribution in [1.82, 2.24) is 14.8 Å². The Morgan fingerprint density at radius 3 is 2.77 bits per heavy atom. The van der Waals surface area contributed by atoms with E-state index in [0.29, 0.717) is 5.75 Å². The van der Waals surface area contributed by atoms with Gasteiger partial charge in [0.2, 0.25) is 5.16 Å². The topological polar surface area (TPSA) is 107 Å². The summed E-state index contributed by atoms with van der Waals surface area (Å²) in [5.41, 5.74) is 6.15. The van der Waals surface area contributed by atoms with E-state index < -0.39 is 6.09 Å². The van der Waals surface area contributed by atoms with Crippen LogP contribution in [0, 0.1) is 11.2 Å². The van der Waals surface area contributed by atoms with Crippen molar-refractivity contribution in [2.75, 3.05) is 12.3 Å². The maximum atomic E-state index is 12.8. The first-order valence-corrected chi connectivity index (χ1v) is 7.35. The number of benzene rings is 1. The molecule has 1 aromatic heterocycles. The van der Waals surface area contributed by atoms with Crippen LogP contribution in [0.1, 0.15) is 12.5 Å². The van der Waals surface area contributed by atoms with Crippen LogP contribution in [-0.2, 0) is 10.5 Å². The maximum Gasteiger partial charge on any atom is 0.436 e. The molecule has 0 aliphatic rings. The predicted molar refractivity (Wildman–Crippen MR) is 78.7 cm³/mol. The van der Waals surface area contributed by atoms with Gasteiger partial charge in [0.1, 0.15) is 5.82 Å². The molecule has 2 aromatic rings. The fourth-order valence-corrected chi connectivity index (χ4v) is 2.32. The van der Waals surface area contributed by atoms with E-state index in [0.717, 1.165) is 10.2 Å². The number of ether oxygens (including phenoxy) is 1. The van der Waals surface area contributed by atoms with E-state index in [2.05, 4.69) is 10.1 Å². The number of halogens is 1. The molecule has 0 aliphatic carbocycles. The van der Waals surface area contributed by atoms with Crippen molar-refractivity contribution in [3.8, 4) is 0 Å². The number of hydrogen-bond donors (Lipinski definition) is 2. The molecule has 0 aliphatic heterocycles. The molecule has 0 bridgehead atoms. The molecule has 0 unspecified atom stereocenters. The van der Waals surface area contributed by atoms with Crippen LogP contribution in [0.25, 0.3) is 0 Å². The Balaban J connectivity index is 2.19. The molecular weight excluding hydrogens is 309 g/mol. The van der Waals surface area contributed by atoms with Crippen LogP contribution in [0.5, 0.6) is 0 Å². The van der Waals surface area contributed by atoms with Crippen LogP contribution in [-0.4, -0.2) is 27.5 Å². The number of nitrogens with one attached hydrogen (secondary N) is 1. The second-order valence-corrected chi connectivity index (χ2v) is 5.10.